The third kappa shape index (κ3) is 2.19. The Morgan fingerprint density at radius 1 is 0.909 bits per heavy atom. The molecule has 112 valence electrons. The van der Waals surface area contributed by atoms with Gasteiger partial charge in [-0.15, -0.1) is 0 Å². The molecule has 0 bridgehead atoms. The fourth-order valence-corrected chi connectivity index (χ4v) is 4.27. The highest BCUT2D eigenvalue weighted by Crippen LogP contribution is 2.45. The molecule has 2 aromatic rings. The van der Waals surface area contributed by atoms with E-state index in [1.54, 1.807) is 0 Å². The van der Waals surface area contributed by atoms with Crippen LogP contribution in [0.1, 0.15) is 30.4 Å². The lowest BCUT2D eigenvalue weighted by atomic mass is 9.72. The minimum Gasteiger partial charge on any atom is -0.300 e. The number of carbonyl (C=O) groups is 1. The maximum absolute atomic E-state index is 11.9. The zero-order valence-electron chi connectivity index (χ0n) is 12.7. The zero-order chi connectivity index (χ0) is 15.0. The molecule has 2 aliphatic heterocycles. The number of benzene rings is 2. The van der Waals surface area contributed by atoms with Crippen LogP contribution in [-0.4, -0.2) is 29.8 Å². The van der Waals surface area contributed by atoms with Crippen LogP contribution in [-0.2, 0) is 10.2 Å². The molecule has 0 N–H and O–H groups in total. The largest absolute Gasteiger partial charge is 0.300 e. The lowest BCUT2D eigenvalue weighted by Crippen LogP contribution is -2.39. The van der Waals surface area contributed by atoms with Gasteiger partial charge in [-0.05, 0) is 17.5 Å². The van der Waals surface area contributed by atoms with E-state index in [0.29, 0.717) is 11.8 Å². The van der Waals surface area contributed by atoms with Gasteiger partial charge in [0.25, 0.3) is 0 Å². The maximum atomic E-state index is 11.9. The summed E-state index contributed by atoms with van der Waals surface area (Å²) in [6.07, 6.45) is 2.49. The van der Waals surface area contributed by atoms with E-state index in [4.69, 9.17) is 0 Å². The second-order valence-electron chi connectivity index (χ2n) is 6.64. The van der Waals surface area contributed by atoms with Crippen molar-refractivity contribution in [2.45, 2.75) is 30.7 Å². The van der Waals surface area contributed by atoms with Crippen molar-refractivity contribution in [2.24, 2.45) is 0 Å². The molecule has 0 spiro atoms. The lowest BCUT2D eigenvalue weighted by molar-refractivity contribution is -0.122. The number of piperidine rings is 1. The van der Waals surface area contributed by atoms with E-state index in [1.165, 1.54) is 11.1 Å². The van der Waals surface area contributed by atoms with Crippen molar-refractivity contribution in [2.75, 3.05) is 13.1 Å². The summed E-state index contributed by atoms with van der Waals surface area (Å²) in [6, 6.07) is 22.0. The summed E-state index contributed by atoms with van der Waals surface area (Å²) in [7, 11) is 0. The monoisotopic (exact) mass is 291 g/mol. The van der Waals surface area contributed by atoms with Crippen LogP contribution in [0.5, 0.6) is 0 Å². The van der Waals surface area contributed by atoms with Gasteiger partial charge in [0.1, 0.15) is 5.78 Å². The Balaban J connectivity index is 1.80. The van der Waals surface area contributed by atoms with Crippen LogP contribution in [0.3, 0.4) is 0 Å². The Morgan fingerprint density at radius 3 is 2.09 bits per heavy atom. The van der Waals surface area contributed by atoms with Crippen molar-refractivity contribution in [3.05, 3.63) is 71.8 Å². The Bertz CT molecular complexity index is 625. The third-order valence-electron chi connectivity index (χ3n) is 5.37. The Labute approximate surface area is 131 Å². The van der Waals surface area contributed by atoms with Gasteiger partial charge >= 0.3 is 0 Å². The molecule has 2 saturated heterocycles. The molecule has 2 heteroatoms. The second-order valence-corrected chi connectivity index (χ2v) is 6.64. The predicted molar refractivity (Wildman–Crippen MR) is 87.9 cm³/mol. The molecule has 4 rings (SSSR count). The molecule has 0 unspecified atom stereocenters. The molecule has 0 amide bonds. The predicted octanol–water partition coefficient (Wildman–Crippen LogP) is 3.41. The van der Waals surface area contributed by atoms with Gasteiger partial charge in [-0.25, -0.2) is 0 Å². The summed E-state index contributed by atoms with van der Waals surface area (Å²) < 4.78 is 0. The van der Waals surface area contributed by atoms with Gasteiger partial charge in [0, 0.05) is 37.4 Å². The van der Waals surface area contributed by atoms with E-state index in [2.05, 4.69) is 65.6 Å². The van der Waals surface area contributed by atoms with Crippen molar-refractivity contribution < 1.29 is 4.79 Å². The van der Waals surface area contributed by atoms with Gasteiger partial charge in [-0.3, -0.25) is 9.69 Å². The van der Waals surface area contributed by atoms with E-state index in [0.717, 1.165) is 32.4 Å². The van der Waals surface area contributed by atoms with Crippen LogP contribution in [0.2, 0.25) is 0 Å². The molecule has 2 nitrogen and oxygen atoms in total. The van der Waals surface area contributed by atoms with Crippen molar-refractivity contribution in [3.63, 3.8) is 0 Å². The minimum atomic E-state index is 0.0256. The molecule has 2 fully saturated rings. The Morgan fingerprint density at radius 2 is 1.50 bits per heavy atom. The number of hydrogen-bond donors (Lipinski definition) is 0. The molecule has 2 aliphatic rings. The first-order valence-electron chi connectivity index (χ1n) is 8.15. The first kappa shape index (κ1) is 13.7. The van der Waals surface area contributed by atoms with Gasteiger partial charge in [-0.2, -0.15) is 0 Å². The Kier molecular flexibility index (Phi) is 3.34. The van der Waals surface area contributed by atoms with Gasteiger partial charge in [0.2, 0.25) is 0 Å². The van der Waals surface area contributed by atoms with Gasteiger partial charge in [0.05, 0.1) is 0 Å². The zero-order valence-corrected chi connectivity index (χ0v) is 12.7. The summed E-state index contributed by atoms with van der Waals surface area (Å²) >= 11 is 0. The number of carbonyl (C=O) groups excluding carboxylic acids is 1. The fourth-order valence-electron chi connectivity index (χ4n) is 4.27. The molecule has 0 radical (unpaired) electrons. The number of nitrogens with zero attached hydrogens (tertiary/aromatic N) is 1. The van der Waals surface area contributed by atoms with Crippen LogP contribution in [0, 0.1) is 0 Å². The van der Waals surface area contributed by atoms with Crippen LogP contribution in [0.4, 0.5) is 0 Å². The SMILES string of the molecule is O=C1CCN2CC(c3ccccc3)(c3ccccc3)C[C@H]2C1. The number of ketones is 1. The molecule has 0 saturated carbocycles. The molecule has 2 aromatic carbocycles. The molecular weight excluding hydrogens is 270 g/mol. The number of fused-ring (bicyclic) bond motifs is 1. The van der Waals surface area contributed by atoms with Crippen LogP contribution in [0.25, 0.3) is 0 Å². The highest BCUT2D eigenvalue weighted by Gasteiger charge is 2.47. The van der Waals surface area contributed by atoms with E-state index < -0.39 is 0 Å². The number of rotatable bonds is 2. The quantitative estimate of drug-likeness (QED) is 0.845. The highest BCUT2D eigenvalue weighted by atomic mass is 16.1. The summed E-state index contributed by atoms with van der Waals surface area (Å²) in [5.74, 6) is 0.429. The average molecular weight is 291 g/mol. The second kappa shape index (κ2) is 5.36. The molecular formula is C20H21NO. The fraction of sp³-hybridized carbons (Fsp3) is 0.350. The van der Waals surface area contributed by atoms with Crippen molar-refractivity contribution in [1.82, 2.24) is 4.90 Å². The van der Waals surface area contributed by atoms with Crippen molar-refractivity contribution in [3.8, 4) is 0 Å². The smallest absolute Gasteiger partial charge is 0.135 e. The van der Waals surface area contributed by atoms with Gasteiger partial charge in [-0.1, -0.05) is 60.7 Å². The van der Waals surface area contributed by atoms with E-state index in [-0.39, 0.29) is 5.41 Å². The van der Waals surface area contributed by atoms with Crippen LogP contribution >= 0.6 is 0 Å². The first-order chi connectivity index (χ1) is 10.8. The van der Waals surface area contributed by atoms with Crippen LogP contribution < -0.4 is 0 Å². The van der Waals surface area contributed by atoms with Crippen LogP contribution in [0.15, 0.2) is 60.7 Å². The van der Waals surface area contributed by atoms with E-state index >= 15 is 0 Å². The topological polar surface area (TPSA) is 20.3 Å². The molecule has 0 aromatic heterocycles. The first-order valence-corrected chi connectivity index (χ1v) is 8.15. The molecule has 0 aliphatic carbocycles. The standard InChI is InChI=1S/C20H21NO/c22-19-11-12-21-15-20(14-18(21)13-19,16-7-3-1-4-8-16)17-9-5-2-6-10-17/h1-10,18H,11-15H2/t18-/m1/s1. The van der Waals surface area contributed by atoms with E-state index in [1.807, 2.05) is 0 Å². The maximum Gasteiger partial charge on any atom is 0.135 e. The molecule has 22 heavy (non-hydrogen) atoms. The Hall–Kier alpha value is -1.93. The number of hydrogen-bond acceptors (Lipinski definition) is 2. The average Bonchev–Trinajstić information content (AvgIpc) is 2.96. The van der Waals surface area contributed by atoms with Crippen molar-refractivity contribution in [1.29, 1.82) is 0 Å². The van der Waals surface area contributed by atoms with Crippen molar-refractivity contribution >= 4 is 5.78 Å². The molecule has 2 heterocycles. The normalized spacial score (nSPS) is 24.2. The van der Waals surface area contributed by atoms with Gasteiger partial charge < -0.3 is 0 Å². The number of Topliss-reactive ketones (excluding diaryl/α,β-unsaturated/α-hetero) is 1. The van der Waals surface area contributed by atoms with Gasteiger partial charge in [0.15, 0.2) is 0 Å². The summed E-state index contributed by atoms with van der Waals surface area (Å²) in [4.78, 5) is 14.4. The summed E-state index contributed by atoms with van der Waals surface area (Å²) in [5, 5.41) is 0. The summed E-state index contributed by atoms with van der Waals surface area (Å²) in [6.45, 7) is 1.95. The summed E-state index contributed by atoms with van der Waals surface area (Å²) in [5.41, 5.74) is 2.78. The molecule has 1 atom stereocenters. The third-order valence-corrected chi connectivity index (χ3v) is 5.37. The minimum absolute atomic E-state index is 0.0256. The lowest BCUT2D eigenvalue weighted by Gasteiger charge is -2.31. The highest BCUT2D eigenvalue weighted by molar-refractivity contribution is 5.80. The van der Waals surface area contributed by atoms with E-state index in [9.17, 15) is 4.79 Å².